The van der Waals surface area contributed by atoms with E-state index in [1.165, 1.54) is 0 Å². The van der Waals surface area contributed by atoms with Crippen molar-refractivity contribution in [1.29, 1.82) is 0 Å². The van der Waals surface area contributed by atoms with Crippen LogP contribution in [0.5, 0.6) is 0 Å². The van der Waals surface area contributed by atoms with Gasteiger partial charge in [-0.1, -0.05) is 44.1 Å². The molecule has 0 fully saturated rings. The summed E-state index contributed by atoms with van der Waals surface area (Å²) in [5.41, 5.74) is 1.14. The number of allylic oxidation sites excluding steroid dienone is 6. The van der Waals surface area contributed by atoms with Crippen LogP contribution in [0.4, 0.5) is 0 Å². The molecule has 1 atom stereocenters. The molecule has 1 N–H and O–H groups in total. The molecule has 3 heteroatoms. The van der Waals surface area contributed by atoms with Gasteiger partial charge in [-0.3, -0.25) is 9.59 Å². The molecule has 116 valence electrons. The van der Waals surface area contributed by atoms with E-state index in [0.29, 0.717) is 0 Å². The lowest BCUT2D eigenvalue weighted by molar-refractivity contribution is -0.137. The molecule has 1 aliphatic rings. The van der Waals surface area contributed by atoms with Crippen molar-refractivity contribution in [2.45, 2.75) is 58.3 Å². The maximum atomic E-state index is 11.8. The molecule has 0 aromatic carbocycles. The van der Waals surface area contributed by atoms with Gasteiger partial charge in [0.2, 0.25) is 0 Å². The molecule has 0 heterocycles. The molecule has 0 spiro atoms. The van der Waals surface area contributed by atoms with Crippen LogP contribution in [0.15, 0.2) is 36.0 Å². The minimum atomic E-state index is -0.713. The van der Waals surface area contributed by atoms with Crippen molar-refractivity contribution in [2.75, 3.05) is 0 Å². The van der Waals surface area contributed by atoms with Gasteiger partial charge < -0.3 is 5.11 Å². The van der Waals surface area contributed by atoms with Crippen LogP contribution < -0.4 is 0 Å². The summed E-state index contributed by atoms with van der Waals surface area (Å²) >= 11 is 0. The van der Waals surface area contributed by atoms with Crippen LogP contribution in [0, 0.1) is 5.92 Å². The number of carbonyl (C=O) groups is 2. The summed E-state index contributed by atoms with van der Waals surface area (Å²) in [4.78, 5) is 22.2. The van der Waals surface area contributed by atoms with E-state index < -0.39 is 5.97 Å². The molecule has 3 nitrogen and oxygen atoms in total. The van der Waals surface area contributed by atoms with E-state index in [-0.39, 0.29) is 18.1 Å². The highest BCUT2D eigenvalue weighted by Gasteiger charge is 2.22. The standard InChI is InChI=1S/C18H26O3/c1-2-3-7-11-16-15(13-14-17(16)19)10-8-5-4-6-9-12-18(20)21/h3,7,10,13-14,16H,2,4-6,8-9,11-12H2,1H3,(H,20,21). The third-order valence-electron chi connectivity index (χ3n) is 3.68. The van der Waals surface area contributed by atoms with Crippen LogP contribution in [0.3, 0.4) is 0 Å². The number of carboxylic acid groups (broad SMARTS) is 1. The molecule has 1 aliphatic carbocycles. The van der Waals surface area contributed by atoms with Crippen molar-refractivity contribution < 1.29 is 14.7 Å². The molecule has 0 aromatic rings. The molecule has 0 aliphatic heterocycles. The minimum Gasteiger partial charge on any atom is -0.481 e. The van der Waals surface area contributed by atoms with Crippen LogP contribution in [-0.4, -0.2) is 16.9 Å². The van der Waals surface area contributed by atoms with Crippen LogP contribution in [-0.2, 0) is 9.59 Å². The highest BCUT2D eigenvalue weighted by molar-refractivity contribution is 5.98. The van der Waals surface area contributed by atoms with Crippen LogP contribution in [0.25, 0.3) is 0 Å². The number of carboxylic acids is 1. The molecular formula is C18H26O3. The fraction of sp³-hybridized carbons (Fsp3) is 0.556. The number of hydrogen-bond donors (Lipinski definition) is 1. The third-order valence-corrected chi connectivity index (χ3v) is 3.68. The summed E-state index contributed by atoms with van der Waals surface area (Å²) in [6, 6.07) is 0. The lowest BCUT2D eigenvalue weighted by Crippen LogP contribution is -2.07. The van der Waals surface area contributed by atoms with Crippen LogP contribution >= 0.6 is 0 Å². The Labute approximate surface area is 127 Å². The van der Waals surface area contributed by atoms with Crippen molar-refractivity contribution in [3.05, 3.63) is 36.0 Å². The van der Waals surface area contributed by atoms with Crippen molar-refractivity contribution in [1.82, 2.24) is 0 Å². The Morgan fingerprint density at radius 2 is 1.95 bits per heavy atom. The number of unbranched alkanes of at least 4 members (excludes halogenated alkanes) is 4. The molecule has 1 unspecified atom stereocenters. The molecule has 0 saturated carbocycles. The van der Waals surface area contributed by atoms with Crippen molar-refractivity contribution in [3.8, 4) is 0 Å². The number of aliphatic carboxylic acids is 1. The van der Waals surface area contributed by atoms with E-state index in [0.717, 1.165) is 50.5 Å². The van der Waals surface area contributed by atoms with E-state index >= 15 is 0 Å². The summed E-state index contributed by atoms with van der Waals surface area (Å²) in [7, 11) is 0. The van der Waals surface area contributed by atoms with Gasteiger partial charge in [-0.05, 0) is 43.8 Å². The van der Waals surface area contributed by atoms with Crippen molar-refractivity contribution in [3.63, 3.8) is 0 Å². The molecule has 21 heavy (non-hydrogen) atoms. The van der Waals surface area contributed by atoms with Gasteiger partial charge in [0.25, 0.3) is 0 Å². The molecule has 0 amide bonds. The Morgan fingerprint density at radius 1 is 1.19 bits per heavy atom. The van der Waals surface area contributed by atoms with Gasteiger partial charge in [-0.2, -0.15) is 0 Å². The molecule has 1 rings (SSSR count). The van der Waals surface area contributed by atoms with Crippen molar-refractivity contribution >= 4 is 11.8 Å². The van der Waals surface area contributed by atoms with Gasteiger partial charge in [0.1, 0.15) is 0 Å². The minimum absolute atomic E-state index is 0.0137. The SMILES string of the molecule is CCC=CCC1C(=O)C=CC1=CCCCCCCC(=O)O. The first kappa shape index (κ1) is 17.4. The average Bonchev–Trinajstić information content (AvgIpc) is 2.79. The van der Waals surface area contributed by atoms with E-state index in [2.05, 4.69) is 25.2 Å². The number of carbonyl (C=O) groups excluding carboxylic acids is 1. The highest BCUT2D eigenvalue weighted by atomic mass is 16.4. The molecule has 0 radical (unpaired) electrons. The zero-order chi connectivity index (χ0) is 15.5. The van der Waals surface area contributed by atoms with Gasteiger partial charge in [0, 0.05) is 12.3 Å². The highest BCUT2D eigenvalue weighted by Crippen LogP contribution is 2.26. The summed E-state index contributed by atoms with van der Waals surface area (Å²) in [6.07, 6.45) is 16.9. The van der Waals surface area contributed by atoms with Gasteiger partial charge >= 0.3 is 5.97 Å². The molecule has 0 bridgehead atoms. The smallest absolute Gasteiger partial charge is 0.303 e. The number of ketones is 1. The fourth-order valence-electron chi connectivity index (χ4n) is 2.48. The number of rotatable bonds is 10. The summed E-state index contributed by atoms with van der Waals surface area (Å²) < 4.78 is 0. The lowest BCUT2D eigenvalue weighted by Gasteiger charge is -2.08. The summed E-state index contributed by atoms with van der Waals surface area (Å²) in [6.45, 7) is 2.09. The van der Waals surface area contributed by atoms with E-state index in [1.54, 1.807) is 6.08 Å². The van der Waals surface area contributed by atoms with Gasteiger partial charge in [0.15, 0.2) is 5.78 Å². The number of hydrogen-bond acceptors (Lipinski definition) is 2. The second kappa shape index (κ2) is 10.1. The Hall–Kier alpha value is -1.64. The van der Waals surface area contributed by atoms with Crippen LogP contribution in [0.2, 0.25) is 0 Å². The molecular weight excluding hydrogens is 264 g/mol. The second-order valence-corrected chi connectivity index (χ2v) is 5.45. The van der Waals surface area contributed by atoms with E-state index in [4.69, 9.17) is 5.11 Å². The first-order valence-corrected chi connectivity index (χ1v) is 7.94. The first-order valence-electron chi connectivity index (χ1n) is 7.94. The third kappa shape index (κ3) is 7.07. The quantitative estimate of drug-likeness (QED) is 0.477. The Kier molecular flexibility index (Phi) is 8.41. The molecule has 0 saturated heterocycles. The fourth-order valence-corrected chi connectivity index (χ4v) is 2.48. The Bertz CT molecular complexity index is 430. The predicted molar refractivity (Wildman–Crippen MR) is 85.1 cm³/mol. The summed E-state index contributed by atoms with van der Waals surface area (Å²) in [5, 5.41) is 8.55. The predicted octanol–water partition coefficient (Wildman–Crippen LogP) is 4.45. The first-order chi connectivity index (χ1) is 10.1. The maximum absolute atomic E-state index is 11.8. The Morgan fingerprint density at radius 3 is 2.67 bits per heavy atom. The van der Waals surface area contributed by atoms with E-state index in [1.807, 2.05) is 6.08 Å². The monoisotopic (exact) mass is 290 g/mol. The second-order valence-electron chi connectivity index (χ2n) is 5.45. The normalized spacial score (nSPS) is 20.0. The maximum Gasteiger partial charge on any atom is 0.303 e. The van der Waals surface area contributed by atoms with Gasteiger partial charge in [-0.25, -0.2) is 0 Å². The van der Waals surface area contributed by atoms with Crippen LogP contribution in [0.1, 0.15) is 58.3 Å². The lowest BCUT2D eigenvalue weighted by atomic mass is 9.95. The largest absolute Gasteiger partial charge is 0.481 e. The average molecular weight is 290 g/mol. The van der Waals surface area contributed by atoms with Gasteiger partial charge in [-0.15, -0.1) is 0 Å². The van der Waals surface area contributed by atoms with E-state index in [9.17, 15) is 9.59 Å². The zero-order valence-electron chi connectivity index (χ0n) is 12.9. The summed E-state index contributed by atoms with van der Waals surface area (Å²) in [5.74, 6) is -0.488. The van der Waals surface area contributed by atoms with Crippen molar-refractivity contribution in [2.24, 2.45) is 5.92 Å². The topological polar surface area (TPSA) is 54.4 Å². The van der Waals surface area contributed by atoms with Gasteiger partial charge in [0.05, 0.1) is 0 Å². The zero-order valence-corrected chi connectivity index (χ0v) is 12.9. The Balaban J connectivity index is 2.27. The molecule has 0 aromatic heterocycles.